The van der Waals surface area contributed by atoms with Gasteiger partial charge in [-0.15, -0.1) is 33.7 Å². The van der Waals surface area contributed by atoms with E-state index in [9.17, 15) is 58.4 Å². The molecule has 0 radical (unpaired) electrons. The first-order valence-corrected chi connectivity index (χ1v) is 30.2. The van der Waals surface area contributed by atoms with E-state index in [1.165, 1.54) is 67.5 Å². The number of nitro benzene ring substituents is 1. The standard InChI is InChI=1S/C31H37N9O8S.C22H31N9O5S/c1-16-9-10-37(12-16)28(42)22-11-21(13-36(22)4)49-27-17(2)25-24(18(3)33-23(41)14-38-15-32-34-35-38)29(43)39(25)26(27)31(45)48-30(44)19-5-7-20(8-6-19)40(46)47;1-10-17-16(11(2)26-15(32)8-30-9-25-27-28-30)21(34)31(17)18(22(35)36)19(10)37-13-5-14(24-6-13)20(33)29-4-3-12(23)7-29/h5-8,15-18,21-22,24-25H,9-14H2,1-4H3,(H,33,41);9-14,16-17,24H,3-8,23H2,1-2H3,(H,26,32)(H,35,36)/t16-,17-,18-,21+,22+,24?,25?;10-,11-,12-,13+,14+,16?,17?/m11/s1. The van der Waals surface area contributed by atoms with E-state index in [2.05, 4.69) is 53.9 Å². The van der Waals surface area contributed by atoms with E-state index in [-0.39, 0.29) is 106 Å². The van der Waals surface area contributed by atoms with Crippen molar-refractivity contribution in [2.45, 2.75) is 126 Å². The monoisotopic (exact) mass is 1230 g/mol. The number of ether oxygens (including phenoxy) is 1. The number of nitrogens with zero attached hydrogens (tertiary/aromatic N) is 14. The summed E-state index contributed by atoms with van der Waals surface area (Å²) in [6.07, 6.45) is 5.50. The van der Waals surface area contributed by atoms with Crippen LogP contribution in [0.1, 0.15) is 70.7 Å². The number of carboxylic acid groups (broad SMARTS) is 1. The zero-order chi connectivity index (χ0) is 61.6. The average molecular weight is 1230 g/mol. The number of hydrogen-bond donors (Lipinski definition) is 5. The van der Waals surface area contributed by atoms with Gasteiger partial charge in [0, 0.05) is 102 Å². The van der Waals surface area contributed by atoms with E-state index in [0.717, 1.165) is 38.1 Å². The fourth-order valence-corrected chi connectivity index (χ4v) is 16.2. The van der Waals surface area contributed by atoms with E-state index in [0.29, 0.717) is 54.7 Å². The number of likely N-dealkylation sites (tertiary alicyclic amines) is 3. The van der Waals surface area contributed by atoms with Crippen LogP contribution in [0, 0.1) is 39.7 Å². The first-order valence-electron chi connectivity index (χ1n) is 28.5. The van der Waals surface area contributed by atoms with Crippen LogP contribution in [0.2, 0.25) is 0 Å². The summed E-state index contributed by atoms with van der Waals surface area (Å²) in [6.45, 7) is 13.0. The number of aliphatic carboxylic acids is 1. The van der Waals surface area contributed by atoms with Crippen LogP contribution in [-0.4, -0.2) is 227 Å². The summed E-state index contributed by atoms with van der Waals surface area (Å²) < 4.78 is 7.80. The van der Waals surface area contributed by atoms with Crippen LogP contribution < -0.4 is 21.7 Å². The van der Waals surface area contributed by atoms with E-state index >= 15 is 0 Å². The molecule has 460 valence electrons. The van der Waals surface area contributed by atoms with Crippen LogP contribution in [-0.2, 0) is 56.2 Å². The minimum atomic E-state index is -1.15. The Balaban J connectivity index is 0.000000198. The van der Waals surface area contributed by atoms with Crippen molar-refractivity contribution in [1.29, 1.82) is 0 Å². The van der Waals surface area contributed by atoms with Gasteiger partial charge in [0.05, 0.1) is 46.5 Å². The van der Waals surface area contributed by atoms with Crippen molar-refractivity contribution < 1.29 is 57.9 Å². The highest BCUT2D eigenvalue weighted by atomic mass is 32.2. The predicted molar refractivity (Wildman–Crippen MR) is 302 cm³/mol. The van der Waals surface area contributed by atoms with Crippen LogP contribution in [0.5, 0.6) is 0 Å². The normalized spacial score (nSPS) is 29.2. The lowest BCUT2D eigenvalue weighted by molar-refractivity contribution is -0.384. The molecule has 4 unspecified atom stereocenters. The van der Waals surface area contributed by atoms with Crippen LogP contribution >= 0.6 is 23.5 Å². The molecule has 8 aliphatic rings. The molecule has 6 saturated heterocycles. The number of hydrogen-bond acceptors (Lipinski definition) is 23. The summed E-state index contributed by atoms with van der Waals surface area (Å²) >= 11 is 2.85. The first-order chi connectivity index (χ1) is 41.0. The van der Waals surface area contributed by atoms with E-state index in [4.69, 9.17) is 10.5 Å². The maximum Gasteiger partial charge on any atom is 0.363 e. The number of rotatable bonds is 18. The number of carbonyl (C=O) groups excluding carboxylic acids is 8. The summed E-state index contributed by atoms with van der Waals surface area (Å²) in [5.41, 5.74) is 5.61. The van der Waals surface area contributed by atoms with Crippen molar-refractivity contribution in [1.82, 2.24) is 80.9 Å². The van der Waals surface area contributed by atoms with Crippen molar-refractivity contribution in [2.24, 2.45) is 35.3 Å². The minimum Gasteiger partial charge on any atom is -0.477 e. The van der Waals surface area contributed by atoms with Crippen LogP contribution in [0.3, 0.4) is 0 Å². The van der Waals surface area contributed by atoms with Crippen molar-refractivity contribution in [3.63, 3.8) is 0 Å². The third kappa shape index (κ3) is 12.3. The molecule has 11 rings (SSSR count). The molecule has 0 aliphatic carbocycles. The third-order valence-electron chi connectivity index (χ3n) is 17.4. The van der Waals surface area contributed by atoms with Gasteiger partial charge >= 0.3 is 17.9 Å². The Labute approximate surface area is 501 Å². The number of carboxylic acids is 1. The number of non-ortho nitro benzene ring substituents is 1. The number of carbonyl (C=O) groups is 9. The van der Waals surface area contributed by atoms with Crippen molar-refractivity contribution >= 4 is 82.6 Å². The van der Waals surface area contributed by atoms with Crippen molar-refractivity contribution in [2.75, 3.05) is 46.3 Å². The molecule has 14 atom stereocenters. The Morgan fingerprint density at radius 2 is 1.31 bits per heavy atom. The molecule has 8 aliphatic heterocycles. The number of β-lactam (4-membered cyclic amide) rings is 2. The van der Waals surface area contributed by atoms with Crippen molar-refractivity contribution in [3.8, 4) is 0 Å². The molecule has 0 saturated carbocycles. The number of esters is 2. The molecule has 31 nitrogen and oxygen atoms in total. The van der Waals surface area contributed by atoms with Gasteiger partial charge in [0.1, 0.15) is 37.1 Å². The molecule has 1 aromatic carbocycles. The SMILES string of the molecule is C[C@@H](NC(=O)Cn1cnnn1)C1C(=O)N2C(C(=O)O)=C(S[C@@H]3CN[C@H](C(=O)N4CC[C@@H](N)C4)C3)[C@H](C)C12.C[C@@H]1CCN(C(=O)[C@@H]2C[C@H](SC3=C(C(=O)OC(=O)c4ccc([N+](=O)[O-])cc4)N4C(=O)C([C@@H](C)NC(=O)Cn5cnnn5)C4[C@H]3C)CN2C)C1. The van der Waals surface area contributed by atoms with Crippen LogP contribution in [0.4, 0.5) is 5.69 Å². The smallest absolute Gasteiger partial charge is 0.363 e. The molecule has 33 heteroatoms. The maximum atomic E-state index is 13.8. The summed E-state index contributed by atoms with van der Waals surface area (Å²) in [4.78, 5) is 137. The van der Waals surface area contributed by atoms with Crippen molar-refractivity contribution in [3.05, 3.63) is 73.8 Å². The zero-order valence-corrected chi connectivity index (χ0v) is 49.7. The van der Waals surface area contributed by atoms with E-state index in [1.54, 1.807) is 18.7 Å². The quantitative estimate of drug-likeness (QED) is 0.0328. The van der Waals surface area contributed by atoms with Gasteiger partial charge in [-0.1, -0.05) is 20.8 Å². The fourth-order valence-electron chi connectivity index (χ4n) is 13.1. The highest BCUT2D eigenvalue weighted by Crippen LogP contribution is 2.54. The molecule has 3 aromatic rings. The summed E-state index contributed by atoms with van der Waals surface area (Å²) in [7, 11) is 1.90. The molecule has 0 bridgehead atoms. The largest absolute Gasteiger partial charge is 0.477 e. The highest BCUT2D eigenvalue weighted by molar-refractivity contribution is 8.04. The Morgan fingerprint density at radius 3 is 1.83 bits per heavy atom. The number of nitro groups is 1. The van der Waals surface area contributed by atoms with Gasteiger partial charge in [0.25, 0.3) is 5.69 Å². The lowest BCUT2D eigenvalue weighted by Crippen LogP contribution is -2.66. The lowest BCUT2D eigenvalue weighted by Gasteiger charge is -2.47. The predicted octanol–water partition coefficient (Wildman–Crippen LogP) is -1.19. The van der Waals surface area contributed by atoms with Gasteiger partial charge < -0.3 is 51.1 Å². The fraction of sp³-hybridized carbons (Fsp3) is 0.604. The number of fused-ring (bicyclic) bond motifs is 2. The number of tetrazole rings is 2. The topological polar surface area (TPSA) is 392 Å². The Morgan fingerprint density at radius 1 is 0.767 bits per heavy atom. The molecule has 0 spiro atoms. The third-order valence-corrected chi connectivity index (χ3v) is 20.4. The molecule has 2 aromatic heterocycles. The minimum absolute atomic E-state index is 0.00213. The summed E-state index contributed by atoms with van der Waals surface area (Å²) in [5.74, 6) is -5.87. The van der Waals surface area contributed by atoms with Gasteiger partial charge in [-0.25, -0.2) is 23.7 Å². The molecular formula is C53H68N18O13S2. The maximum absolute atomic E-state index is 13.8. The number of amides is 6. The summed E-state index contributed by atoms with van der Waals surface area (Å²) in [6, 6.07) is 2.05. The van der Waals surface area contributed by atoms with Crippen LogP contribution in [0.25, 0.3) is 0 Å². The second kappa shape index (κ2) is 25.3. The number of nitrogens with one attached hydrogen (secondary N) is 3. The van der Waals surface area contributed by atoms with Crippen LogP contribution in [0.15, 0.2) is 58.1 Å². The zero-order valence-electron chi connectivity index (χ0n) is 48.0. The van der Waals surface area contributed by atoms with E-state index < -0.39 is 64.6 Å². The summed E-state index contributed by atoms with van der Waals surface area (Å²) in [5, 5.41) is 51.3. The number of nitrogens with two attached hydrogens (primary N) is 1. The van der Waals surface area contributed by atoms with Gasteiger partial charge in [0.2, 0.25) is 35.4 Å². The van der Waals surface area contributed by atoms with E-state index in [1.807, 2.05) is 30.7 Å². The number of thioether (sulfide) groups is 2. The van der Waals surface area contributed by atoms with Gasteiger partial charge in [-0.05, 0) is 85.5 Å². The number of benzene rings is 1. The number of aromatic nitrogens is 8. The second-order valence-corrected chi connectivity index (χ2v) is 26.0. The lowest BCUT2D eigenvalue weighted by atomic mass is 9.78. The van der Waals surface area contributed by atoms with Gasteiger partial charge in [-0.2, -0.15) is 0 Å². The molecular weight excluding hydrogens is 1160 g/mol. The van der Waals surface area contributed by atoms with Gasteiger partial charge in [-0.3, -0.25) is 43.8 Å². The number of likely N-dealkylation sites (N-methyl/N-ethyl adjacent to an activating group) is 1. The highest BCUT2D eigenvalue weighted by Gasteiger charge is 2.62. The Hall–Kier alpha value is -7.75. The first kappa shape index (κ1) is 61.3. The molecule has 86 heavy (non-hydrogen) atoms. The molecule has 10 heterocycles. The Bertz CT molecular complexity index is 3240. The van der Waals surface area contributed by atoms with Gasteiger partial charge in [0.15, 0.2) is 0 Å². The molecule has 6 amide bonds. The average Bonchev–Trinajstić information content (AvgIpc) is 1.55. The molecule has 6 fully saturated rings. The molecule has 6 N–H and O–H groups in total. The Kier molecular flexibility index (Phi) is 18.0. The second-order valence-electron chi connectivity index (χ2n) is 23.3.